The van der Waals surface area contributed by atoms with Crippen LogP contribution in [0, 0.1) is 0 Å². The zero-order valence-electron chi connectivity index (χ0n) is 6.06. The van der Waals surface area contributed by atoms with Crippen molar-refractivity contribution in [3.8, 4) is 0 Å². The molecule has 0 spiro atoms. The number of aliphatic hydroxyl groups excluding tert-OH is 1. The SMILES string of the molecule is C=N/C(Br)=C(/O)C=C(C)C. The Labute approximate surface area is 69.1 Å². The number of rotatable bonds is 2. The van der Waals surface area contributed by atoms with Gasteiger partial charge in [0.25, 0.3) is 0 Å². The molecule has 0 heterocycles. The monoisotopic (exact) mass is 203 g/mol. The zero-order chi connectivity index (χ0) is 8.15. The van der Waals surface area contributed by atoms with E-state index in [1.807, 2.05) is 13.8 Å². The number of nitrogens with zero attached hydrogens (tertiary/aromatic N) is 1. The van der Waals surface area contributed by atoms with Gasteiger partial charge in [-0.2, -0.15) is 0 Å². The summed E-state index contributed by atoms with van der Waals surface area (Å²) >= 11 is 3.03. The minimum Gasteiger partial charge on any atom is -0.505 e. The third-order valence-corrected chi connectivity index (χ3v) is 1.43. The molecule has 0 saturated heterocycles. The average molecular weight is 204 g/mol. The molecule has 56 valence electrons. The van der Waals surface area contributed by atoms with Crippen molar-refractivity contribution in [3.05, 3.63) is 22.0 Å². The summed E-state index contributed by atoms with van der Waals surface area (Å²) in [5.41, 5.74) is 1.01. The number of allylic oxidation sites excluding steroid dienone is 2. The third kappa shape index (κ3) is 3.45. The molecule has 0 rings (SSSR count). The van der Waals surface area contributed by atoms with E-state index < -0.39 is 0 Å². The Bertz CT molecular complexity index is 190. The molecule has 3 heteroatoms. The second kappa shape index (κ2) is 4.28. The van der Waals surface area contributed by atoms with Crippen molar-refractivity contribution in [3.63, 3.8) is 0 Å². The molecule has 0 unspecified atom stereocenters. The van der Waals surface area contributed by atoms with Crippen molar-refractivity contribution in [2.24, 2.45) is 4.99 Å². The second-order valence-corrected chi connectivity index (χ2v) is 2.81. The maximum Gasteiger partial charge on any atom is 0.148 e. The molecule has 0 aliphatic rings. The van der Waals surface area contributed by atoms with Crippen LogP contribution in [0.4, 0.5) is 0 Å². The Balaban J connectivity index is 4.48. The summed E-state index contributed by atoms with van der Waals surface area (Å²) in [5, 5.41) is 9.11. The van der Waals surface area contributed by atoms with Gasteiger partial charge in [0, 0.05) is 0 Å². The Morgan fingerprint density at radius 1 is 1.60 bits per heavy atom. The summed E-state index contributed by atoms with van der Waals surface area (Å²) in [5.74, 6) is 0.106. The van der Waals surface area contributed by atoms with Gasteiger partial charge in [0.15, 0.2) is 0 Å². The zero-order valence-corrected chi connectivity index (χ0v) is 7.64. The summed E-state index contributed by atoms with van der Waals surface area (Å²) < 4.78 is 0.369. The first-order valence-corrected chi connectivity index (χ1v) is 3.57. The molecule has 0 aliphatic carbocycles. The van der Waals surface area contributed by atoms with Gasteiger partial charge < -0.3 is 5.11 Å². The fourth-order valence-corrected chi connectivity index (χ4v) is 0.528. The fraction of sp³-hybridized carbons (Fsp3) is 0.286. The standard InChI is InChI=1S/C7H10BrNO/c1-5(2)4-6(10)7(8)9-3/h4,10H,3H2,1-2H3/b7-6+. The summed E-state index contributed by atoms with van der Waals surface area (Å²) in [6.45, 7) is 7.02. The highest BCUT2D eigenvalue weighted by atomic mass is 79.9. The van der Waals surface area contributed by atoms with Gasteiger partial charge in [0.2, 0.25) is 0 Å². The number of aliphatic imine (C=N–C) groups is 1. The van der Waals surface area contributed by atoms with Crippen LogP contribution in [0.15, 0.2) is 27.0 Å². The fourth-order valence-electron chi connectivity index (χ4n) is 0.414. The van der Waals surface area contributed by atoms with Gasteiger partial charge >= 0.3 is 0 Å². The maximum atomic E-state index is 9.11. The molecule has 1 N–H and O–H groups in total. The highest BCUT2D eigenvalue weighted by molar-refractivity contribution is 9.11. The third-order valence-electron chi connectivity index (χ3n) is 0.776. The van der Waals surface area contributed by atoms with E-state index in [0.29, 0.717) is 4.61 Å². The molecule has 10 heavy (non-hydrogen) atoms. The van der Waals surface area contributed by atoms with Gasteiger partial charge in [-0.3, -0.25) is 4.99 Å². The molecule has 0 bridgehead atoms. The van der Waals surface area contributed by atoms with Gasteiger partial charge in [-0.15, -0.1) is 0 Å². The van der Waals surface area contributed by atoms with E-state index in [9.17, 15) is 0 Å². The summed E-state index contributed by atoms with van der Waals surface area (Å²) in [4.78, 5) is 3.49. The summed E-state index contributed by atoms with van der Waals surface area (Å²) in [7, 11) is 0. The lowest BCUT2D eigenvalue weighted by molar-refractivity contribution is 0.429. The predicted molar refractivity (Wildman–Crippen MR) is 47.6 cm³/mol. The Hall–Kier alpha value is -0.570. The van der Waals surface area contributed by atoms with E-state index in [1.165, 1.54) is 0 Å². The average Bonchev–Trinajstić information content (AvgIpc) is 1.85. The van der Waals surface area contributed by atoms with Crippen molar-refractivity contribution in [1.82, 2.24) is 0 Å². The number of hydrogen-bond donors (Lipinski definition) is 1. The normalized spacial score (nSPS) is 11.9. The van der Waals surface area contributed by atoms with Crippen LogP contribution in [0.1, 0.15) is 13.8 Å². The highest BCUT2D eigenvalue weighted by Crippen LogP contribution is 2.12. The van der Waals surface area contributed by atoms with Crippen molar-refractivity contribution >= 4 is 22.6 Å². The number of halogens is 1. The Morgan fingerprint density at radius 2 is 2.10 bits per heavy atom. The minimum atomic E-state index is 0.106. The van der Waals surface area contributed by atoms with E-state index >= 15 is 0 Å². The first-order chi connectivity index (χ1) is 4.57. The van der Waals surface area contributed by atoms with Crippen molar-refractivity contribution in [1.29, 1.82) is 0 Å². The summed E-state index contributed by atoms with van der Waals surface area (Å²) in [6.07, 6.45) is 1.61. The first kappa shape index (κ1) is 9.43. The Kier molecular flexibility index (Phi) is 4.03. The van der Waals surface area contributed by atoms with Crippen LogP contribution in [0.2, 0.25) is 0 Å². The van der Waals surface area contributed by atoms with Crippen LogP contribution < -0.4 is 0 Å². The summed E-state index contributed by atoms with van der Waals surface area (Å²) in [6, 6.07) is 0. The highest BCUT2D eigenvalue weighted by Gasteiger charge is 1.93. The molecule has 0 radical (unpaired) electrons. The van der Waals surface area contributed by atoms with Crippen molar-refractivity contribution in [2.45, 2.75) is 13.8 Å². The molecule has 0 fully saturated rings. The van der Waals surface area contributed by atoms with Crippen LogP contribution in [0.5, 0.6) is 0 Å². The first-order valence-electron chi connectivity index (χ1n) is 2.78. The topological polar surface area (TPSA) is 32.6 Å². The quantitative estimate of drug-likeness (QED) is 0.319. The maximum absolute atomic E-state index is 9.11. The lowest BCUT2D eigenvalue weighted by atomic mass is 10.3. The van der Waals surface area contributed by atoms with E-state index in [-0.39, 0.29) is 5.76 Å². The van der Waals surface area contributed by atoms with E-state index in [2.05, 4.69) is 27.6 Å². The van der Waals surface area contributed by atoms with E-state index in [4.69, 9.17) is 5.11 Å². The van der Waals surface area contributed by atoms with Gasteiger partial charge in [0.1, 0.15) is 10.4 Å². The molecule has 0 aliphatic heterocycles. The molecular weight excluding hydrogens is 194 g/mol. The Morgan fingerprint density at radius 3 is 2.40 bits per heavy atom. The van der Waals surface area contributed by atoms with Crippen LogP contribution in [0.3, 0.4) is 0 Å². The molecule has 0 aromatic rings. The predicted octanol–water partition coefficient (Wildman–Crippen LogP) is 2.78. The molecular formula is C7H10BrNO. The van der Waals surface area contributed by atoms with Crippen LogP contribution in [-0.4, -0.2) is 11.8 Å². The van der Waals surface area contributed by atoms with Crippen LogP contribution in [-0.2, 0) is 0 Å². The minimum absolute atomic E-state index is 0.106. The van der Waals surface area contributed by atoms with Gasteiger partial charge in [-0.1, -0.05) is 5.57 Å². The van der Waals surface area contributed by atoms with E-state index in [0.717, 1.165) is 5.57 Å². The molecule has 0 aromatic heterocycles. The molecule has 0 amide bonds. The smallest absolute Gasteiger partial charge is 0.148 e. The van der Waals surface area contributed by atoms with E-state index in [1.54, 1.807) is 6.08 Å². The number of hydrogen-bond acceptors (Lipinski definition) is 2. The second-order valence-electron chi connectivity index (χ2n) is 2.06. The molecule has 0 aromatic carbocycles. The van der Waals surface area contributed by atoms with Crippen molar-refractivity contribution < 1.29 is 5.11 Å². The molecule has 2 nitrogen and oxygen atoms in total. The van der Waals surface area contributed by atoms with Crippen molar-refractivity contribution in [2.75, 3.05) is 0 Å². The largest absolute Gasteiger partial charge is 0.505 e. The van der Waals surface area contributed by atoms with Gasteiger partial charge in [0.05, 0.1) is 0 Å². The van der Waals surface area contributed by atoms with Gasteiger partial charge in [-0.25, -0.2) is 0 Å². The molecule has 0 atom stereocenters. The van der Waals surface area contributed by atoms with Crippen LogP contribution in [0.25, 0.3) is 0 Å². The van der Waals surface area contributed by atoms with Crippen LogP contribution >= 0.6 is 15.9 Å². The molecule has 0 saturated carbocycles. The number of aliphatic hydroxyl groups is 1. The lowest BCUT2D eigenvalue weighted by Crippen LogP contribution is -1.78. The lowest BCUT2D eigenvalue weighted by Gasteiger charge is -1.93. The van der Waals surface area contributed by atoms with Gasteiger partial charge in [-0.05, 0) is 42.6 Å².